The summed E-state index contributed by atoms with van der Waals surface area (Å²) in [5.41, 5.74) is 1.00. The smallest absolute Gasteiger partial charge is 0.250 e. The van der Waals surface area contributed by atoms with Crippen LogP contribution in [0.3, 0.4) is 0 Å². The largest absolute Gasteiger partial charge is 0.305 e. The van der Waals surface area contributed by atoms with E-state index >= 15 is 0 Å². The van der Waals surface area contributed by atoms with Crippen LogP contribution in [0.4, 0.5) is 8.78 Å². The summed E-state index contributed by atoms with van der Waals surface area (Å²) in [5.74, 6) is 0. The van der Waals surface area contributed by atoms with E-state index in [9.17, 15) is 8.78 Å². The molecule has 0 spiro atoms. The van der Waals surface area contributed by atoms with Crippen LogP contribution in [0.25, 0.3) is 0 Å². The van der Waals surface area contributed by atoms with Gasteiger partial charge in [-0.25, -0.2) is 8.78 Å². The summed E-state index contributed by atoms with van der Waals surface area (Å²) < 4.78 is 24.8. The highest BCUT2D eigenvalue weighted by molar-refractivity contribution is 9.10. The fourth-order valence-corrected chi connectivity index (χ4v) is 1.58. The minimum Gasteiger partial charge on any atom is -0.305 e. The van der Waals surface area contributed by atoms with E-state index in [2.05, 4.69) is 21.2 Å². The lowest BCUT2D eigenvalue weighted by molar-refractivity contribution is 0.142. The van der Waals surface area contributed by atoms with E-state index in [1.807, 2.05) is 31.2 Å². The normalized spacial score (nSPS) is 13.2. The van der Waals surface area contributed by atoms with E-state index in [1.165, 1.54) is 0 Å². The average molecular weight is 264 g/mol. The topological polar surface area (TPSA) is 12.0 Å². The van der Waals surface area contributed by atoms with Crippen LogP contribution in [0.2, 0.25) is 0 Å². The van der Waals surface area contributed by atoms with Crippen LogP contribution in [0.1, 0.15) is 18.5 Å². The summed E-state index contributed by atoms with van der Waals surface area (Å²) in [6.45, 7) is 1.60. The molecule has 1 aromatic rings. The van der Waals surface area contributed by atoms with Gasteiger partial charge in [0.2, 0.25) is 0 Å². The van der Waals surface area contributed by atoms with Crippen LogP contribution in [0, 0.1) is 0 Å². The van der Waals surface area contributed by atoms with Crippen LogP contribution in [-0.2, 0) is 0 Å². The molecule has 1 aromatic carbocycles. The highest BCUT2D eigenvalue weighted by Gasteiger charge is 2.08. The van der Waals surface area contributed by atoms with E-state index < -0.39 is 6.43 Å². The summed E-state index contributed by atoms with van der Waals surface area (Å²) in [6.07, 6.45) is -2.30. The van der Waals surface area contributed by atoms with Gasteiger partial charge >= 0.3 is 0 Å². The van der Waals surface area contributed by atoms with Crippen molar-refractivity contribution in [3.63, 3.8) is 0 Å². The molecule has 0 saturated carbocycles. The maximum absolute atomic E-state index is 11.9. The van der Waals surface area contributed by atoms with Gasteiger partial charge in [-0.3, -0.25) is 0 Å². The number of hydrogen-bond donors (Lipinski definition) is 1. The molecule has 0 radical (unpaired) electrons. The predicted molar refractivity (Wildman–Crippen MR) is 56.6 cm³/mol. The van der Waals surface area contributed by atoms with Crippen molar-refractivity contribution in [2.24, 2.45) is 0 Å². The van der Waals surface area contributed by atoms with Crippen LogP contribution in [0.5, 0.6) is 0 Å². The van der Waals surface area contributed by atoms with E-state index in [0.717, 1.165) is 10.0 Å². The molecule has 0 heterocycles. The third-order valence-electron chi connectivity index (χ3n) is 1.93. The molecule has 0 aromatic heterocycles. The standard InChI is InChI=1S/C10H12BrF2N/c1-7(14-6-10(12)13)8-3-2-4-9(11)5-8/h2-5,7,10,14H,6H2,1H3. The molecular weight excluding hydrogens is 252 g/mol. The Morgan fingerprint density at radius 3 is 2.71 bits per heavy atom. The molecule has 1 atom stereocenters. The number of nitrogens with one attached hydrogen (secondary N) is 1. The molecule has 1 N–H and O–H groups in total. The molecule has 0 amide bonds. The van der Waals surface area contributed by atoms with Crippen molar-refractivity contribution in [1.29, 1.82) is 0 Å². The summed E-state index contributed by atoms with van der Waals surface area (Å²) in [4.78, 5) is 0. The molecule has 1 rings (SSSR count). The molecular formula is C10H12BrF2N. The van der Waals surface area contributed by atoms with Gasteiger partial charge in [0.15, 0.2) is 0 Å². The van der Waals surface area contributed by atoms with Gasteiger partial charge in [0.05, 0.1) is 6.54 Å². The van der Waals surface area contributed by atoms with Gasteiger partial charge in [-0.15, -0.1) is 0 Å². The van der Waals surface area contributed by atoms with E-state index in [1.54, 1.807) is 0 Å². The number of benzene rings is 1. The number of rotatable bonds is 4. The Balaban J connectivity index is 2.56. The first-order valence-corrected chi connectivity index (χ1v) is 5.16. The monoisotopic (exact) mass is 263 g/mol. The zero-order valence-corrected chi connectivity index (χ0v) is 9.39. The van der Waals surface area contributed by atoms with Crippen molar-refractivity contribution >= 4 is 15.9 Å². The lowest BCUT2D eigenvalue weighted by Crippen LogP contribution is -2.24. The Hall–Kier alpha value is -0.480. The average Bonchev–Trinajstić information content (AvgIpc) is 2.14. The Kier molecular flexibility index (Phi) is 4.48. The SMILES string of the molecule is CC(NCC(F)F)c1cccc(Br)c1. The maximum Gasteiger partial charge on any atom is 0.250 e. The maximum atomic E-state index is 11.9. The van der Waals surface area contributed by atoms with Gasteiger partial charge in [-0.2, -0.15) is 0 Å². The third-order valence-corrected chi connectivity index (χ3v) is 2.42. The summed E-state index contributed by atoms with van der Waals surface area (Å²) >= 11 is 3.33. The van der Waals surface area contributed by atoms with Crippen molar-refractivity contribution < 1.29 is 8.78 Å². The molecule has 4 heteroatoms. The minimum absolute atomic E-state index is 0.0542. The third kappa shape index (κ3) is 3.72. The zero-order valence-electron chi connectivity index (χ0n) is 7.81. The highest BCUT2D eigenvalue weighted by Crippen LogP contribution is 2.17. The van der Waals surface area contributed by atoms with Gasteiger partial charge in [-0.1, -0.05) is 28.1 Å². The highest BCUT2D eigenvalue weighted by atomic mass is 79.9. The fraction of sp³-hybridized carbons (Fsp3) is 0.400. The Morgan fingerprint density at radius 1 is 1.43 bits per heavy atom. The molecule has 0 aliphatic heterocycles. The van der Waals surface area contributed by atoms with Gasteiger partial charge < -0.3 is 5.32 Å². The van der Waals surface area contributed by atoms with Crippen molar-refractivity contribution in [3.05, 3.63) is 34.3 Å². The van der Waals surface area contributed by atoms with Gasteiger partial charge in [0, 0.05) is 10.5 Å². The summed E-state index contributed by atoms with van der Waals surface area (Å²) in [6, 6.07) is 7.57. The minimum atomic E-state index is -2.30. The zero-order chi connectivity index (χ0) is 10.6. The molecule has 0 aliphatic rings. The lowest BCUT2D eigenvalue weighted by atomic mass is 10.1. The van der Waals surface area contributed by atoms with E-state index in [-0.39, 0.29) is 12.6 Å². The second-order valence-electron chi connectivity index (χ2n) is 3.08. The molecule has 1 unspecified atom stereocenters. The first kappa shape index (κ1) is 11.6. The van der Waals surface area contributed by atoms with Crippen LogP contribution < -0.4 is 5.32 Å². The second kappa shape index (κ2) is 5.41. The Morgan fingerprint density at radius 2 is 2.14 bits per heavy atom. The quantitative estimate of drug-likeness (QED) is 0.879. The van der Waals surface area contributed by atoms with E-state index in [0.29, 0.717) is 0 Å². The van der Waals surface area contributed by atoms with Gasteiger partial charge in [0.25, 0.3) is 6.43 Å². The Bertz CT molecular complexity index is 291. The number of halogens is 3. The first-order valence-electron chi connectivity index (χ1n) is 4.36. The lowest BCUT2D eigenvalue weighted by Gasteiger charge is -2.13. The molecule has 14 heavy (non-hydrogen) atoms. The summed E-state index contributed by atoms with van der Waals surface area (Å²) in [7, 11) is 0. The van der Waals surface area contributed by atoms with Crippen molar-refractivity contribution in [3.8, 4) is 0 Å². The van der Waals surface area contributed by atoms with Crippen molar-refractivity contribution in [1.82, 2.24) is 5.32 Å². The molecule has 78 valence electrons. The van der Waals surface area contributed by atoms with Crippen LogP contribution in [-0.4, -0.2) is 13.0 Å². The van der Waals surface area contributed by atoms with E-state index in [4.69, 9.17) is 0 Å². The number of alkyl halides is 2. The predicted octanol–water partition coefficient (Wildman–Crippen LogP) is 3.36. The molecule has 0 bridgehead atoms. The second-order valence-corrected chi connectivity index (χ2v) is 3.99. The molecule has 1 nitrogen and oxygen atoms in total. The van der Waals surface area contributed by atoms with Crippen LogP contribution >= 0.6 is 15.9 Å². The molecule has 0 saturated heterocycles. The van der Waals surface area contributed by atoms with Crippen molar-refractivity contribution in [2.45, 2.75) is 19.4 Å². The fourth-order valence-electron chi connectivity index (χ4n) is 1.16. The first-order chi connectivity index (χ1) is 6.59. The van der Waals surface area contributed by atoms with Crippen molar-refractivity contribution in [2.75, 3.05) is 6.54 Å². The van der Waals surface area contributed by atoms with Gasteiger partial charge in [-0.05, 0) is 24.6 Å². The van der Waals surface area contributed by atoms with Crippen LogP contribution in [0.15, 0.2) is 28.7 Å². The Labute approximate surface area is 90.6 Å². The number of hydrogen-bond acceptors (Lipinski definition) is 1. The molecule has 0 aliphatic carbocycles. The van der Waals surface area contributed by atoms with Gasteiger partial charge in [0.1, 0.15) is 0 Å². The summed E-state index contributed by atoms with van der Waals surface area (Å²) in [5, 5.41) is 2.75. The molecule has 0 fully saturated rings.